The van der Waals surface area contributed by atoms with Crippen molar-refractivity contribution in [3.8, 4) is 0 Å². The van der Waals surface area contributed by atoms with Crippen LogP contribution in [-0.4, -0.2) is 37.4 Å². The van der Waals surface area contributed by atoms with Crippen LogP contribution in [0.15, 0.2) is 73.3 Å². The summed E-state index contributed by atoms with van der Waals surface area (Å²) in [5.74, 6) is -2.00. The second-order valence-corrected chi connectivity index (χ2v) is 11.0. The van der Waals surface area contributed by atoms with Crippen LogP contribution in [0.3, 0.4) is 0 Å². The van der Waals surface area contributed by atoms with Crippen LogP contribution in [-0.2, 0) is 34.3 Å². The van der Waals surface area contributed by atoms with Crippen LogP contribution in [0.1, 0.15) is 82.8 Å². The highest BCUT2D eigenvalue weighted by atomic mass is 16.8. The lowest BCUT2D eigenvalue weighted by molar-refractivity contribution is -0.209. The van der Waals surface area contributed by atoms with E-state index in [-0.39, 0.29) is 24.5 Å². The zero-order valence-corrected chi connectivity index (χ0v) is 24.2. The van der Waals surface area contributed by atoms with Gasteiger partial charge in [0.25, 0.3) is 0 Å². The highest BCUT2D eigenvalue weighted by Crippen LogP contribution is 2.55. The molecular weight excluding hydrogens is 504 g/mol. The summed E-state index contributed by atoms with van der Waals surface area (Å²) in [4.78, 5) is 26.0. The van der Waals surface area contributed by atoms with Crippen LogP contribution in [0.2, 0.25) is 0 Å². The molecule has 0 spiro atoms. The predicted molar refractivity (Wildman–Crippen MR) is 154 cm³/mol. The molecule has 2 aromatic carbocycles. The first-order valence-electron chi connectivity index (χ1n) is 14.8. The zero-order chi connectivity index (χ0) is 28.6. The smallest absolute Gasteiger partial charge is 0.338 e. The Bertz CT molecular complexity index is 1080. The fourth-order valence-corrected chi connectivity index (χ4v) is 6.79. The summed E-state index contributed by atoms with van der Waals surface area (Å²) in [5, 5.41) is 0. The van der Waals surface area contributed by atoms with E-state index in [9.17, 15) is 9.59 Å². The molecule has 40 heavy (non-hydrogen) atoms. The van der Waals surface area contributed by atoms with E-state index in [1.54, 1.807) is 13.8 Å². The van der Waals surface area contributed by atoms with Gasteiger partial charge < -0.3 is 18.9 Å². The van der Waals surface area contributed by atoms with Gasteiger partial charge in [0.1, 0.15) is 0 Å². The lowest BCUT2D eigenvalue weighted by Gasteiger charge is -2.47. The standard InChI is InChI=1S/C34H44O6/c1-5-21-33(22-19-26(20-23-33)25-15-11-9-12-16-25)27(6-2)24-34(28-17-13-10-14-18-28)39-29(31(35)37-7-3)30(40-34)32(36)38-8-4/h6,9-18,26-27,29-30H,2,5,7-8,19-24H2,1,3-4H3/t26?,27?,29-,30-,33?/m1/s1. The highest BCUT2D eigenvalue weighted by molar-refractivity contribution is 5.86. The Kier molecular flexibility index (Phi) is 10.2. The van der Waals surface area contributed by atoms with Gasteiger partial charge in [0.15, 0.2) is 18.0 Å². The third-order valence-electron chi connectivity index (χ3n) is 8.72. The summed E-state index contributed by atoms with van der Waals surface area (Å²) in [6, 6.07) is 20.4. The summed E-state index contributed by atoms with van der Waals surface area (Å²) in [6.07, 6.45) is 6.46. The fraction of sp³-hybridized carbons (Fsp3) is 0.529. The lowest BCUT2D eigenvalue weighted by Crippen LogP contribution is -2.40. The zero-order valence-electron chi connectivity index (χ0n) is 24.2. The van der Waals surface area contributed by atoms with Gasteiger partial charge in [0, 0.05) is 12.0 Å². The Morgan fingerprint density at radius 2 is 1.43 bits per heavy atom. The van der Waals surface area contributed by atoms with Gasteiger partial charge in [-0.1, -0.05) is 80.1 Å². The van der Waals surface area contributed by atoms with Crippen LogP contribution in [0, 0.1) is 11.3 Å². The molecule has 216 valence electrons. The first-order chi connectivity index (χ1) is 19.4. The Hall–Kier alpha value is -2.96. The van der Waals surface area contributed by atoms with Crippen LogP contribution in [0.25, 0.3) is 0 Å². The maximum Gasteiger partial charge on any atom is 0.338 e. The van der Waals surface area contributed by atoms with E-state index in [4.69, 9.17) is 18.9 Å². The molecular formula is C34H44O6. The van der Waals surface area contributed by atoms with Gasteiger partial charge in [0.05, 0.1) is 13.2 Å². The van der Waals surface area contributed by atoms with E-state index in [1.165, 1.54) is 5.56 Å². The summed E-state index contributed by atoms with van der Waals surface area (Å²) < 4.78 is 23.6. The third-order valence-corrected chi connectivity index (χ3v) is 8.72. The number of hydrogen-bond acceptors (Lipinski definition) is 6. The van der Waals surface area contributed by atoms with Crippen molar-refractivity contribution in [3.63, 3.8) is 0 Å². The number of esters is 2. The normalized spacial score (nSPS) is 26.5. The topological polar surface area (TPSA) is 71.1 Å². The van der Waals surface area contributed by atoms with Gasteiger partial charge in [-0.2, -0.15) is 0 Å². The molecule has 3 atom stereocenters. The van der Waals surface area contributed by atoms with Crippen molar-refractivity contribution in [2.24, 2.45) is 11.3 Å². The molecule has 1 heterocycles. The fourth-order valence-electron chi connectivity index (χ4n) is 6.79. The van der Waals surface area contributed by atoms with Crippen LogP contribution >= 0.6 is 0 Å². The van der Waals surface area contributed by atoms with Gasteiger partial charge in [0.2, 0.25) is 0 Å². The molecule has 1 unspecified atom stereocenters. The summed E-state index contributed by atoms with van der Waals surface area (Å²) in [6.45, 7) is 10.3. The Balaban J connectivity index is 1.67. The number of rotatable bonds is 12. The second kappa shape index (κ2) is 13.6. The van der Waals surface area contributed by atoms with E-state index >= 15 is 0 Å². The molecule has 1 aliphatic carbocycles. The van der Waals surface area contributed by atoms with Crippen molar-refractivity contribution < 1.29 is 28.5 Å². The Morgan fingerprint density at radius 3 is 1.90 bits per heavy atom. The minimum Gasteiger partial charge on any atom is -0.464 e. The minimum atomic E-state index is -1.33. The van der Waals surface area contributed by atoms with Crippen LogP contribution in [0.5, 0.6) is 0 Å². The van der Waals surface area contributed by atoms with Gasteiger partial charge >= 0.3 is 11.9 Å². The Labute approximate surface area is 239 Å². The summed E-state index contributed by atoms with van der Waals surface area (Å²) >= 11 is 0. The van der Waals surface area contributed by atoms with E-state index in [0.717, 1.165) is 44.1 Å². The largest absolute Gasteiger partial charge is 0.464 e. The number of carbonyl (C=O) groups is 2. The molecule has 2 aromatic rings. The number of allylic oxidation sites excluding steroid dienone is 1. The minimum absolute atomic E-state index is 0.0116. The van der Waals surface area contributed by atoms with Gasteiger partial charge in [-0.25, -0.2) is 9.59 Å². The molecule has 6 heteroatoms. The molecule has 0 bridgehead atoms. The predicted octanol–water partition coefficient (Wildman–Crippen LogP) is 7.09. The van der Waals surface area contributed by atoms with Crippen molar-refractivity contribution in [1.29, 1.82) is 0 Å². The quantitative estimate of drug-likeness (QED) is 0.208. The van der Waals surface area contributed by atoms with Crippen molar-refractivity contribution in [2.45, 2.75) is 89.6 Å². The number of benzene rings is 2. The van der Waals surface area contributed by atoms with Gasteiger partial charge in [-0.15, -0.1) is 6.58 Å². The average molecular weight is 549 g/mol. The maximum absolute atomic E-state index is 13.0. The molecule has 0 amide bonds. The van der Waals surface area contributed by atoms with Crippen molar-refractivity contribution in [1.82, 2.24) is 0 Å². The molecule has 1 saturated heterocycles. The summed E-state index contributed by atoms with van der Waals surface area (Å²) in [5.41, 5.74) is 2.17. The molecule has 6 nitrogen and oxygen atoms in total. The van der Waals surface area contributed by atoms with Gasteiger partial charge in [-0.05, 0) is 68.8 Å². The van der Waals surface area contributed by atoms with E-state index in [2.05, 4.69) is 43.8 Å². The molecule has 2 aliphatic rings. The molecule has 1 saturated carbocycles. The average Bonchev–Trinajstić information content (AvgIpc) is 3.39. The summed E-state index contributed by atoms with van der Waals surface area (Å²) in [7, 11) is 0. The van der Waals surface area contributed by atoms with Crippen molar-refractivity contribution in [2.75, 3.05) is 13.2 Å². The molecule has 0 radical (unpaired) electrons. The molecule has 0 aromatic heterocycles. The molecule has 4 rings (SSSR count). The van der Waals surface area contributed by atoms with E-state index in [0.29, 0.717) is 12.3 Å². The van der Waals surface area contributed by atoms with Crippen molar-refractivity contribution in [3.05, 3.63) is 84.4 Å². The number of ether oxygens (including phenoxy) is 4. The lowest BCUT2D eigenvalue weighted by atomic mass is 9.59. The monoisotopic (exact) mass is 548 g/mol. The third kappa shape index (κ3) is 6.34. The van der Waals surface area contributed by atoms with Crippen molar-refractivity contribution >= 4 is 11.9 Å². The number of hydrogen-bond donors (Lipinski definition) is 0. The molecule has 1 aliphatic heterocycles. The Morgan fingerprint density at radius 1 is 0.900 bits per heavy atom. The molecule has 2 fully saturated rings. The van der Waals surface area contributed by atoms with E-state index in [1.807, 2.05) is 36.4 Å². The first-order valence-corrected chi connectivity index (χ1v) is 14.8. The van der Waals surface area contributed by atoms with E-state index < -0.39 is 29.9 Å². The highest BCUT2D eigenvalue weighted by Gasteiger charge is 2.57. The van der Waals surface area contributed by atoms with Crippen LogP contribution < -0.4 is 0 Å². The SMILES string of the molecule is C=CC(CC1(c2ccccc2)O[C@@H](C(=O)OCC)[C@H](C(=O)OCC)O1)C1(CCC)CCC(c2ccccc2)CC1. The first kappa shape index (κ1) is 30.0. The number of carbonyl (C=O) groups excluding carboxylic acids is 2. The van der Waals surface area contributed by atoms with Crippen LogP contribution in [0.4, 0.5) is 0 Å². The maximum atomic E-state index is 13.0. The second-order valence-electron chi connectivity index (χ2n) is 11.0. The molecule has 0 N–H and O–H groups in total. The van der Waals surface area contributed by atoms with Gasteiger partial charge in [-0.3, -0.25) is 0 Å².